The van der Waals surface area contributed by atoms with Gasteiger partial charge in [-0.05, 0) is 37.9 Å². The zero-order valence-electron chi connectivity index (χ0n) is 9.12. The average molecular weight is 235 g/mol. The minimum Gasteiger partial charge on any atom is -0.333 e. The summed E-state index contributed by atoms with van der Waals surface area (Å²) in [6.07, 6.45) is 3.69. The van der Waals surface area contributed by atoms with E-state index < -0.39 is 0 Å². The topological polar surface area (TPSA) is 51.0 Å². The Balaban J connectivity index is 1.89. The molecule has 1 N–H and O–H groups in total. The number of nitrogens with zero attached hydrogens (tertiary/aromatic N) is 2. The van der Waals surface area contributed by atoms with E-state index in [-0.39, 0.29) is 0 Å². The van der Waals surface area contributed by atoms with E-state index >= 15 is 0 Å². The maximum absolute atomic E-state index is 5.25. The van der Waals surface area contributed by atoms with Crippen LogP contribution in [0.15, 0.2) is 10.6 Å². The summed E-state index contributed by atoms with van der Waals surface area (Å²) in [5, 5.41) is 6.93. The highest BCUT2D eigenvalue weighted by molar-refractivity contribution is 7.15. The zero-order valence-corrected chi connectivity index (χ0v) is 9.93. The van der Waals surface area contributed by atoms with Crippen LogP contribution >= 0.6 is 11.3 Å². The minimum absolute atomic E-state index is 0.647. The normalized spacial score (nSPS) is 14.3. The standard InChI is InChI=1S/C11H13N3OS/c1-12-6-10-13-11(15-14-10)9-5-7-3-2-4-8(7)16-9/h5,12H,2-4,6H2,1H3. The van der Waals surface area contributed by atoms with Crippen molar-refractivity contribution in [1.82, 2.24) is 15.5 Å². The molecule has 0 bridgehead atoms. The molecule has 84 valence electrons. The van der Waals surface area contributed by atoms with Gasteiger partial charge < -0.3 is 9.84 Å². The van der Waals surface area contributed by atoms with Gasteiger partial charge in [0.15, 0.2) is 5.82 Å². The van der Waals surface area contributed by atoms with Crippen LogP contribution in [-0.4, -0.2) is 17.2 Å². The Bertz CT molecular complexity index is 482. The van der Waals surface area contributed by atoms with Crippen LogP contribution in [0.4, 0.5) is 0 Å². The summed E-state index contributed by atoms with van der Waals surface area (Å²) in [5.74, 6) is 1.37. The molecule has 0 saturated carbocycles. The van der Waals surface area contributed by atoms with Gasteiger partial charge in [-0.25, -0.2) is 0 Å². The Morgan fingerprint density at radius 2 is 2.44 bits per heavy atom. The van der Waals surface area contributed by atoms with Crippen molar-refractivity contribution in [1.29, 1.82) is 0 Å². The number of aromatic nitrogens is 2. The summed E-state index contributed by atoms with van der Waals surface area (Å²) >= 11 is 1.79. The Morgan fingerprint density at radius 1 is 1.50 bits per heavy atom. The summed E-state index contributed by atoms with van der Waals surface area (Å²) in [6.45, 7) is 0.647. The fraction of sp³-hybridized carbons (Fsp3) is 0.455. The number of thiophene rings is 1. The highest BCUT2D eigenvalue weighted by Gasteiger charge is 2.18. The highest BCUT2D eigenvalue weighted by Crippen LogP contribution is 2.35. The van der Waals surface area contributed by atoms with Crippen molar-refractivity contribution in [2.24, 2.45) is 0 Å². The lowest BCUT2D eigenvalue weighted by Gasteiger charge is -1.88. The van der Waals surface area contributed by atoms with Crippen LogP contribution in [0.5, 0.6) is 0 Å². The van der Waals surface area contributed by atoms with Crippen LogP contribution in [-0.2, 0) is 19.4 Å². The minimum atomic E-state index is 0.647. The Hall–Kier alpha value is -1.20. The number of hydrogen-bond donors (Lipinski definition) is 1. The van der Waals surface area contributed by atoms with E-state index in [4.69, 9.17) is 4.52 Å². The highest BCUT2D eigenvalue weighted by atomic mass is 32.1. The molecule has 4 nitrogen and oxygen atoms in total. The van der Waals surface area contributed by atoms with Crippen molar-refractivity contribution in [3.8, 4) is 10.8 Å². The quantitative estimate of drug-likeness (QED) is 0.884. The van der Waals surface area contributed by atoms with Gasteiger partial charge in [-0.2, -0.15) is 4.98 Å². The van der Waals surface area contributed by atoms with Crippen molar-refractivity contribution in [2.75, 3.05) is 7.05 Å². The number of aryl methyl sites for hydroxylation is 2. The molecule has 0 aromatic carbocycles. The van der Waals surface area contributed by atoms with Crippen LogP contribution in [0.25, 0.3) is 10.8 Å². The van der Waals surface area contributed by atoms with Crippen LogP contribution in [0.3, 0.4) is 0 Å². The predicted octanol–water partition coefficient (Wildman–Crippen LogP) is 2.01. The van der Waals surface area contributed by atoms with Gasteiger partial charge in [0.1, 0.15) is 0 Å². The van der Waals surface area contributed by atoms with Crippen LogP contribution in [0, 0.1) is 0 Å². The molecular weight excluding hydrogens is 222 g/mol. The molecule has 0 atom stereocenters. The molecule has 0 saturated heterocycles. The molecule has 0 aliphatic heterocycles. The number of fused-ring (bicyclic) bond motifs is 1. The maximum Gasteiger partial charge on any atom is 0.268 e. The molecule has 1 aliphatic rings. The van der Waals surface area contributed by atoms with Crippen LogP contribution < -0.4 is 5.32 Å². The monoisotopic (exact) mass is 235 g/mol. The lowest BCUT2D eigenvalue weighted by Crippen LogP contribution is -2.06. The fourth-order valence-electron chi connectivity index (χ4n) is 2.02. The Labute approximate surface area is 97.7 Å². The number of hydrogen-bond acceptors (Lipinski definition) is 5. The summed E-state index contributed by atoms with van der Waals surface area (Å²) in [5.41, 5.74) is 1.47. The van der Waals surface area contributed by atoms with E-state index in [1.54, 1.807) is 11.3 Å². The Kier molecular flexibility index (Phi) is 2.49. The van der Waals surface area contributed by atoms with E-state index in [0.29, 0.717) is 18.3 Å². The first kappa shape index (κ1) is 9.99. The molecule has 0 unspecified atom stereocenters. The first-order chi connectivity index (χ1) is 7.86. The zero-order chi connectivity index (χ0) is 11.0. The van der Waals surface area contributed by atoms with Crippen molar-refractivity contribution in [2.45, 2.75) is 25.8 Å². The van der Waals surface area contributed by atoms with Crippen molar-refractivity contribution in [3.63, 3.8) is 0 Å². The molecule has 0 fully saturated rings. The van der Waals surface area contributed by atoms with Gasteiger partial charge in [-0.15, -0.1) is 11.3 Å². The largest absolute Gasteiger partial charge is 0.333 e. The predicted molar refractivity (Wildman–Crippen MR) is 62.4 cm³/mol. The maximum atomic E-state index is 5.25. The summed E-state index contributed by atoms with van der Waals surface area (Å²) in [7, 11) is 1.87. The second-order valence-corrected chi connectivity index (χ2v) is 5.10. The average Bonchev–Trinajstić information content (AvgIpc) is 2.88. The van der Waals surface area contributed by atoms with E-state index in [2.05, 4.69) is 21.5 Å². The van der Waals surface area contributed by atoms with Crippen LogP contribution in [0.2, 0.25) is 0 Å². The molecule has 0 radical (unpaired) electrons. The number of rotatable bonds is 3. The molecule has 2 aromatic heterocycles. The molecule has 1 aliphatic carbocycles. The molecule has 2 heterocycles. The van der Waals surface area contributed by atoms with Gasteiger partial charge >= 0.3 is 0 Å². The van der Waals surface area contributed by atoms with Gasteiger partial charge in [-0.3, -0.25) is 0 Å². The van der Waals surface area contributed by atoms with E-state index in [1.807, 2.05) is 7.05 Å². The summed E-state index contributed by atoms with van der Waals surface area (Å²) < 4.78 is 5.25. The molecule has 16 heavy (non-hydrogen) atoms. The van der Waals surface area contributed by atoms with E-state index in [1.165, 1.54) is 29.7 Å². The Morgan fingerprint density at radius 3 is 3.25 bits per heavy atom. The van der Waals surface area contributed by atoms with E-state index in [0.717, 1.165) is 4.88 Å². The SMILES string of the molecule is CNCc1noc(-c2cc3c(s2)CCC3)n1. The molecule has 3 rings (SSSR count). The fourth-order valence-corrected chi connectivity index (χ4v) is 3.19. The lowest BCUT2D eigenvalue weighted by molar-refractivity contribution is 0.421. The van der Waals surface area contributed by atoms with Crippen molar-refractivity contribution < 1.29 is 4.52 Å². The second-order valence-electron chi connectivity index (χ2n) is 3.96. The van der Waals surface area contributed by atoms with Gasteiger partial charge in [0, 0.05) is 4.88 Å². The molecule has 5 heteroatoms. The number of nitrogens with one attached hydrogen (secondary N) is 1. The first-order valence-electron chi connectivity index (χ1n) is 5.46. The molecular formula is C11H13N3OS. The molecule has 2 aromatic rings. The van der Waals surface area contributed by atoms with Gasteiger partial charge in [0.2, 0.25) is 0 Å². The first-order valence-corrected chi connectivity index (χ1v) is 6.27. The van der Waals surface area contributed by atoms with Gasteiger partial charge in [0.05, 0.1) is 11.4 Å². The lowest BCUT2D eigenvalue weighted by atomic mass is 10.2. The van der Waals surface area contributed by atoms with E-state index in [9.17, 15) is 0 Å². The third-order valence-corrected chi connectivity index (χ3v) is 3.99. The smallest absolute Gasteiger partial charge is 0.268 e. The molecule has 0 spiro atoms. The third-order valence-electron chi connectivity index (χ3n) is 2.76. The van der Waals surface area contributed by atoms with Gasteiger partial charge in [0.25, 0.3) is 5.89 Å². The van der Waals surface area contributed by atoms with Crippen molar-refractivity contribution in [3.05, 3.63) is 22.3 Å². The second kappa shape index (κ2) is 3.99. The van der Waals surface area contributed by atoms with Crippen molar-refractivity contribution >= 4 is 11.3 Å². The molecule has 0 amide bonds. The third kappa shape index (κ3) is 1.66. The van der Waals surface area contributed by atoms with Gasteiger partial charge in [-0.1, -0.05) is 5.16 Å². The van der Waals surface area contributed by atoms with Crippen LogP contribution in [0.1, 0.15) is 22.7 Å². The summed E-state index contributed by atoms with van der Waals surface area (Å²) in [4.78, 5) is 6.95. The summed E-state index contributed by atoms with van der Waals surface area (Å²) in [6, 6.07) is 2.20.